The van der Waals surface area contributed by atoms with E-state index in [2.05, 4.69) is 0 Å². The van der Waals surface area contributed by atoms with Crippen LogP contribution in [-0.2, 0) is 19.2 Å². The maximum atomic E-state index is 13.9. The van der Waals surface area contributed by atoms with Crippen LogP contribution in [0.4, 0.5) is 8.78 Å². The second-order valence-electron chi connectivity index (χ2n) is 3.67. The van der Waals surface area contributed by atoms with Crippen LogP contribution in [0.3, 0.4) is 0 Å². The monoisotopic (exact) mass is 268 g/mol. The van der Waals surface area contributed by atoms with Gasteiger partial charge in [0.15, 0.2) is 0 Å². The van der Waals surface area contributed by atoms with E-state index in [1.807, 2.05) is 0 Å². The summed E-state index contributed by atoms with van der Waals surface area (Å²) in [4.78, 5) is 42.3. The third kappa shape index (κ3) is 1.22. The lowest BCUT2D eigenvalue weighted by Gasteiger charge is -2.51. The zero-order valence-corrected chi connectivity index (χ0v) is 8.33. The van der Waals surface area contributed by atoms with Crippen molar-refractivity contribution in [2.24, 2.45) is 11.8 Å². The van der Waals surface area contributed by atoms with Gasteiger partial charge in [-0.15, -0.1) is 0 Å². The lowest BCUT2D eigenvalue weighted by molar-refractivity contribution is -0.246. The Balaban J connectivity index is 3.48. The number of carboxylic acids is 4. The summed E-state index contributed by atoms with van der Waals surface area (Å²) in [5, 5.41) is 34.0. The Kier molecular flexibility index (Phi) is 2.77. The summed E-state index contributed by atoms with van der Waals surface area (Å²) in [6, 6.07) is 0. The highest BCUT2D eigenvalue weighted by Crippen LogP contribution is 2.58. The van der Waals surface area contributed by atoms with Crippen molar-refractivity contribution in [3.63, 3.8) is 0 Å². The highest BCUT2D eigenvalue weighted by molar-refractivity contribution is 6.05. The maximum Gasteiger partial charge on any atom is 0.346 e. The Morgan fingerprint density at radius 3 is 1.06 bits per heavy atom. The minimum Gasteiger partial charge on any atom is -0.481 e. The van der Waals surface area contributed by atoms with Crippen molar-refractivity contribution in [1.82, 2.24) is 0 Å². The van der Waals surface area contributed by atoms with Gasteiger partial charge in [-0.2, -0.15) is 0 Å². The number of hydrogen-bond acceptors (Lipinski definition) is 4. The minimum atomic E-state index is -4.34. The molecule has 0 aromatic rings. The fourth-order valence-electron chi connectivity index (χ4n) is 2.02. The van der Waals surface area contributed by atoms with Crippen LogP contribution >= 0.6 is 0 Å². The molecule has 1 rings (SSSR count). The average molecular weight is 268 g/mol. The smallest absolute Gasteiger partial charge is 0.346 e. The Labute approximate surface area is 96.4 Å². The highest BCUT2D eigenvalue weighted by atomic mass is 19.2. The fourth-order valence-corrected chi connectivity index (χ4v) is 2.02. The number of carboxylic acid groups (broad SMARTS) is 4. The molecule has 1 aliphatic rings. The van der Waals surface area contributed by atoms with Gasteiger partial charge in [0.1, 0.15) is 11.8 Å². The molecule has 1 aliphatic carbocycles. The molecular weight excluding hydrogens is 262 g/mol. The first kappa shape index (κ1) is 13.8. The maximum absolute atomic E-state index is 13.9. The number of rotatable bonds is 4. The lowest BCUT2D eigenvalue weighted by Crippen LogP contribution is -2.80. The predicted molar refractivity (Wildman–Crippen MR) is 45.2 cm³/mol. The Morgan fingerprint density at radius 2 is 0.944 bits per heavy atom. The van der Waals surface area contributed by atoms with Gasteiger partial charge in [0.05, 0.1) is 0 Å². The van der Waals surface area contributed by atoms with Crippen LogP contribution in [0.1, 0.15) is 0 Å². The van der Waals surface area contributed by atoms with E-state index in [1.54, 1.807) is 0 Å². The molecule has 0 saturated heterocycles. The van der Waals surface area contributed by atoms with E-state index in [4.69, 9.17) is 20.4 Å². The zero-order chi connectivity index (χ0) is 14.5. The number of alkyl halides is 2. The zero-order valence-electron chi connectivity index (χ0n) is 8.33. The van der Waals surface area contributed by atoms with E-state index >= 15 is 0 Å². The van der Waals surface area contributed by atoms with Gasteiger partial charge in [0, 0.05) is 0 Å². The Hall–Kier alpha value is -2.26. The molecule has 0 aromatic carbocycles. The first-order valence-corrected chi connectivity index (χ1v) is 4.33. The van der Waals surface area contributed by atoms with Crippen LogP contribution in [0, 0.1) is 11.8 Å². The van der Waals surface area contributed by atoms with Crippen LogP contribution in [-0.4, -0.2) is 55.6 Å². The van der Waals surface area contributed by atoms with Crippen molar-refractivity contribution >= 4 is 23.9 Å². The molecule has 0 amide bonds. The molecule has 0 aromatic heterocycles. The second-order valence-corrected chi connectivity index (χ2v) is 3.67. The molecular formula is C8H6F2O8. The molecule has 10 heteroatoms. The normalized spacial score (nSPS) is 38.6. The third-order valence-electron chi connectivity index (χ3n) is 2.87. The molecule has 0 spiro atoms. The predicted octanol–water partition coefficient (Wildman–Crippen LogP) is -1.01. The Morgan fingerprint density at radius 1 is 0.722 bits per heavy atom. The van der Waals surface area contributed by atoms with Gasteiger partial charge in [-0.25, -0.2) is 18.4 Å². The van der Waals surface area contributed by atoms with Gasteiger partial charge >= 0.3 is 23.9 Å². The van der Waals surface area contributed by atoms with E-state index in [0.717, 1.165) is 0 Å². The largest absolute Gasteiger partial charge is 0.481 e. The third-order valence-corrected chi connectivity index (χ3v) is 2.87. The molecule has 0 heterocycles. The second kappa shape index (κ2) is 3.62. The van der Waals surface area contributed by atoms with Crippen LogP contribution in [0.2, 0.25) is 0 Å². The van der Waals surface area contributed by atoms with E-state index in [9.17, 15) is 28.0 Å². The fraction of sp³-hybridized carbons (Fsp3) is 0.500. The summed E-state index contributed by atoms with van der Waals surface area (Å²) in [7, 11) is 0. The van der Waals surface area contributed by atoms with E-state index in [1.165, 1.54) is 0 Å². The summed E-state index contributed by atoms with van der Waals surface area (Å²) in [5.74, 6) is -15.5. The van der Waals surface area contributed by atoms with Crippen molar-refractivity contribution in [1.29, 1.82) is 0 Å². The Bertz CT molecular complexity index is 420. The lowest BCUT2D eigenvalue weighted by atomic mass is 9.52. The standard InChI is InChI=1S/C8H6F2O8/c9-7(5(15)16)1(3(11)12)2(4(13)14)8(7,10)6(17)18/h1-2H,(H,11,12)(H,13,14)(H,15,16)(H,17,18). The van der Waals surface area contributed by atoms with Crippen molar-refractivity contribution < 1.29 is 48.4 Å². The van der Waals surface area contributed by atoms with Gasteiger partial charge < -0.3 is 20.4 Å². The molecule has 4 unspecified atom stereocenters. The molecule has 8 nitrogen and oxygen atoms in total. The topological polar surface area (TPSA) is 149 Å². The number of carbonyl (C=O) groups is 4. The minimum absolute atomic E-state index is 2.25. The SMILES string of the molecule is O=C(O)C1C(C(=O)O)C(F)(C(=O)O)C1(F)C(=O)O. The van der Waals surface area contributed by atoms with Gasteiger partial charge in [0.25, 0.3) is 11.3 Å². The summed E-state index contributed by atoms with van der Waals surface area (Å²) in [6.45, 7) is 0. The first-order chi connectivity index (χ1) is 8.02. The summed E-state index contributed by atoms with van der Waals surface area (Å²) in [6.07, 6.45) is 0. The molecule has 18 heavy (non-hydrogen) atoms. The number of hydrogen-bond donors (Lipinski definition) is 4. The summed E-state index contributed by atoms with van der Waals surface area (Å²) >= 11 is 0. The number of halogens is 2. The average Bonchev–Trinajstić information content (AvgIpc) is 2.21. The van der Waals surface area contributed by atoms with Crippen molar-refractivity contribution in [2.45, 2.75) is 11.3 Å². The van der Waals surface area contributed by atoms with Gasteiger partial charge in [0.2, 0.25) is 0 Å². The molecule has 100 valence electrons. The van der Waals surface area contributed by atoms with E-state index in [-0.39, 0.29) is 0 Å². The molecule has 1 fully saturated rings. The quantitative estimate of drug-likeness (QED) is 0.506. The van der Waals surface area contributed by atoms with Crippen molar-refractivity contribution in [2.75, 3.05) is 0 Å². The first-order valence-electron chi connectivity index (χ1n) is 4.33. The number of aliphatic carboxylic acids is 4. The van der Waals surface area contributed by atoms with Crippen LogP contribution < -0.4 is 0 Å². The van der Waals surface area contributed by atoms with E-state index < -0.39 is 47.1 Å². The molecule has 0 aliphatic heterocycles. The van der Waals surface area contributed by atoms with Crippen molar-refractivity contribution in [3.8, 4) is 0 Å². The molecule has 0 bridgehead atoms. The summed E-state index contributed by atoms with van der Waals surface area (Å²) < 4.78 is 27.7. The molecule has 4 N–H and O–H groups in total. The molecule has 0 radical (unpaired) electrons. The van der Waals surface area contributed by atoms with Crippen LogP contribution in [0.5, 0.6) is 0 Å². The van der Waals surface area contributed by atoms with Crippen LogP contribution in [0.25, 0.3) is 0 Å². The van der Waals surface area contributed by atoms with Gasteiger partial charge in [-0.3, -0.25) is 9.59 Å². The summed E-state index contributed by atoms with van der Waals surface area (Å²) in [5.41, 5.74) is -8.68. The van der Waals surface area contributed by atoms with Gasteiger partial charge in [-0.1, -0.05) is 0 Å². The van der Waals surface area contributed by atoms with E-state index in [0.29, 0.717) is 0 Å². The highest BCUT2D eigenvalue weighted by Gasteiger charge is 2.87. The van der Waals surface area contributed by atoms with Crippen molar-refractivity contribution in [3.05, 3.63) is 0 Å². The molecule has 1 saturated carbocycles. The molecule has 4 atom stereocenters. The van der Waals surface area contributed by atoms with Gasteiger partial charge in [-0.05, 0) is 0 Å². The van der Waals surface area contributed by atoms with Crippen LogP contribution in [0.15, 0.2) is 0 Å².